The van der Waals surface area contributed by atoms with Crippen LogP contribution in [0.4, 0.5) is 0 Å². The predicted molar refractivity (Wildman–Crippen MR) is 61.8 cm³/mol. The molecule has 0 fully saturated rings. The first-order valence-corrected chi connectivity index (χ1v) is 5.15. The lowest BCUT2D eigenvalue weighted by atomic mass is 9.81. The Morgan fingerprint density at radius 2 is 1.92 bits per heavy atom. The van der Waals surface area contributed by atoms with Crippen molar-refractivity contribution in [3.63, 3.8) is 0 Å². The van der Waals surface area contributed by atoms with Crippen LogP contribution in [0.2, 0.25) is 0 Å². The molecule has 0 heterocycles. The SMILES string of the molecule is C=C(C)C=CCC(C)(C)CC(C)C. The highest BCUT2D eigenvalue weighted by Crippen LogP contribution is 2.29. The molecule has 0 heteroatoms. The molecule has 76 valence electrons. The molecule has 0 aromatic carbocycles. The summed E-state index contributed by atoms with van der Waals surface area (Å²) in [5.74, 6) is 0.785. The van der Waals surface area contributed by atoms with Crippen molar-refractivity contribution in [3.05, 3.63) is 24.3 Å². The van der Waals surface area contributed by atoms with Crippen molar-refractivity contribution in [2.24, 2.45) is 11.3 Å². The summed E-state index contributed by atoms with van der Waals surface area (Å²) < 4.78 is 0. The van der Waals surface area contributed by atoms with Crippen LogP contribution in [-0.2, 0) is 0 Å². The Kier molecular flexibility index (Phi) is 5.05. The molecule has 0 rings (SSSR count). The normalized spacial score (nSPS) is 12.8. The molecule has 0 nitrogen and oxygen atoms in total. The molecular weight excluding hydrogens is 156 g/mol. The van der Waals surface area contributed by atoms with Crippen molar-refractivity contribution in [2.45, 2.75) is 47.5 Å². The molecule has 0 aromatic rings. The first-order valence-electron chi connectivity index (χ1n) is 5.15. The smallest absolute Gasteiger partial charge is 0.0296 e. The third-order valence-corrected chi connectivity index (χ3v) is 2.03. The minimum atomic E-state index is 0.431. The van der Waals surface area contributed by atoms with E-state index in [2.05, 4.69) is 46.4 Å². The van der Waals surface area contributed by atoms with Crippen molar-refractivity contribution in [3.8, 4) is 0 Å². The fourth-order valence-electron chi connectivity index (χ4n) is 1.77. The number of hydrogen-bond donors (Lipinski definition) is 0. The van der Waals surface area contributed by atoms with Crippen LogP contribution in [-0.4, -0.2) is 0 Å². The molecule has 0 saturated carbocycles. The van der Waals surface area contributed by atoms with E-state index >= 15 is 0 Å². The van der Waals surface area contributed by atoms with Crippen LogP contribution < -0.4 is 0 Å². The quantitative estimate of drug-likeness (QED) is 0.543. The minimum Gasteiger partial charge on any atom is -0.0961 e. The van der Waals surface area contributed by atoms with E-state index in [0.717, 1.165) is 17.9 Å². The number of allylic oxidation sites excluding steroid dienone is 3. The summed E-state index contributed by atoms with van der Waals surface area (Å²) in [5.41, 5.74) is 1.57. The Bertz CT molecular complexity index is 182. The first kappa shape index (κ1) is 12.5. The zero-order valence-corrected chi connectivity index (χ0v) is 9.85. The van der Waals surface area contributed by atoms with Gasteiger partial charge in [-0.25, -0.2) is 0 Å². The molecule has 0 aromatic heterocycles. The van der Waals surface area contributed by atoms with Crippen LogP contribution in [0.3, 0.4) is 0 Å². The third-order valence-electron chi connectivity index (χ3n) is 2.03. The van der Waals surface area contributed by atoms with E-state index in [1.807, 2.05) is 6.92 Å². The highest BCUT2D eigenvalue weighted by Gasteiger charge is 2.17. The van der Waals surface area contributed by atoms with Gasteiger partial charge < -0.3 is 0 Å². The number of rotatable bonds is 5. The summed E-state index contributed by atoms with van der Waals surface area (Å²) >= 11 is 0. The molecule has 0 spiro atoms. The molecular formula is C13H24. The number of hydrogen-bond acceptors (Lipinski definition) is 0. The van der Waals surface area contributed by atoms with E-state index in [9.17, 15) is 0 Å². The van der Waals surface area contributed by atoms with Gasteiger partial charge in [0, 0.05) is 0 Å². The van der Waals surface area contributed by atoms with Gasteiger partial charge in [-0.1, -0.05) is 52.0 Å². The third kappa shape index (κ3) is 7.83. The Morgan fingerprint density at radius 1 is 1.38 bits per heavy atom. The highest BCUT2D eigenvalue weighted by molar-refractivity contribution is 5.11. The van der Waals surface area contributed by atoms with Crippen LogP contribution in [0.15, 0.2) is 24.3 Å². The van der Waals surface area contributed by atoms with E-state index in [1.54, 1.807) is 0 Å². The zero-order chi connectivity index (χ0) is 10.5. The predicted octanol–water partition coefficient (Wildman–Crippen LogP) is 4.58. The fraction of sp³-hybridized carbons (Fsp3) is 0.692. The van der Waals surface area contributed by atoms with E-state index < -0.39 is 0 Å². The molecule has 13 heavy (non-hydrogen) atoms. The summed E-state index contributed by atoms with van der Waals surface area (Å²) in [5, 5.41) is 0. The molecule has 0 aliphatic carbocycles. The van der Waals surface area contributed by atoms with Gasteiger partial charge >= 0.3 is 0 Å². The zero-order valence-electron chi connectivity index (χ0n) is 9.85. The maximum Gasteiger partial charge on any atom is -0.0296 e. The molecule has 0 aliphatic rings. The molecule has 0 N–H and O–H groups in total. The molecule has 0 atom stereocenters. The van der Waals surface area contributed by atoms with Gasteiger partial charge in [-0.15, -0.1) is 0 Å². The van der Waals surface area contributed by atoms with Crippen molar-refractivity contribution in [1.82, 2.24) is 0 Å². The summed E-state index contributed by atoms with van der Waals surface area (Å²) in [6.45, 7) is 15.1. The van der Waals surface area contributed by atoms with Crippen molar-refractivity contribution in [2.75, 3.05) is 0 Å². The van der Waals surface area contributed by atoms with Crippen LogP contribution in [0.5, 0.6) is 0 Å². The van der Waals surface area contributed by atoms with Crippen molar-refractivity contribution < 1.29 is 0 Å². The summed E-state index contributed by atoms with van der Waals surface area (Å²) in [6.07, 6.45) is 6.79. The van der Waals surface area contributed by atoms with Crippen LogP contribution >= 0.6 is 0 Å². The van der Waals surface area contributed by atoms with Crippen LogP contribution in [0, 0.1) is 11.3 Å². The van der Waals surface area contributed by atoms with E-state index in [-0.39, 0.29) is 0 Å². The molecule has 0 unspecified atom stereocenters. The molecule has 0 aliphatic heterocycles. The minimum absolute atomic E-state index is 0.431. The second kappa shape index (κ2) is 5.26. The van der Waals surface area contributed by atoms with E-state index in [4.69, 9.17) is 0 Å². The average Bonchev–Trinajstić information content (AvgIpc) is 1.81. The highest BCUT2D eigenvalue weighted by atomic mass is 14.2. The van der Waals surface area contributed by atoms with E-state index in [1.165, 1.54) is 6.42 Å². The molecule has 0 radical (unpaired) electrons. The lowest BCUT2D eigenvalue weighted by Crippen LogP contribution is -2.13. The van der Waals surface area contributed by atoms with Gasteiger partial charge in [0.2, 0.25) is 0 Å². The lowest BCUT2D eigenvalue weighted by Gasteiger charge is -2.25. The van der Waals surface area contributed by atoms with Gasteiger partial charge in [0.05, 0.1) is 0 Å². The van der Waals surface area contributed by atoms with Gasteiger partial charge in [-0.2, -0.15) is 0 Å². The Morgan fingerprint density at radius 3 is 2.31 bits per heavy atom. The maximum atomic E-state index is 3.85. The summed E-state index contributed by atoms with van der Waals surface area (Å²) in [7, 11) is 0. The van der Waals surface area contributed by atoms with Crippen molar-refractivity contribution in [1.29, 1.82) is 0 Å². The van der Waals surface area contributed by atoms with Crippen molar-refractivity contribution >= 4 is 0 Å². The van der Waals surface area contributed by atoms with Crippen LogP contribution in [0.25, 0.3) is 0 Å². The van der Waals surface area contributed by atoms with Gasteiger partial charge in [0.1, 0.15) is 0 Å². The topological polar surface area (TPSA) is 0 Å². The standard InChI is InChI=1S/C13H24/c1-11(2)8-7-9-13(5,6)10-12(3)4/h7-8,12H,1,9-10H2,2-6H3. The van der Waals surface area contributed by atoms with Gasteiger partial charge in [0.15, 0.2) is 0 Å². The second-order valence-corrected chi connectivity index (χ2v) is 5.22. The second-order valence-electron chi connectivity index (χ2n) is 5.22. The summed E-state index contributed by atoms with van der Waals surface area (Å²) in [4.78, 5) is 0. The Labute approximate surface area is 83.7 Å². The van der Waals surface area contributed by atoms with E-state index in [0.29, 0.717) is 5.41 Å². The molecule has 0 amide bonds. The fourth-order valence-corrected chi connectivity index (χ4v) is 1.77. The molecule has 0 bridgehead atoms. The lowest BCUT2D eigenvalue weighted by molar-refractivity contribution is 0.291. The van der Waals surface area contributed by atoms with Gasteiger partial charge in [-0.3, -0.25) is 0 Å². The Hall–Kier alpha value is -0.520. The van der Waals surface area contributed by atoms with Crippen LogP contribution in [0.1, 0.15) is 47.5 Å². The van der Waals surface area contributed by atoms with Gasteiger partial charge in [0.25, 0.3) is 0 Å². The Balaban J connectivity index is 3.95. The largest absolute Gasteiger partial charge is 0.0961 e. The monoisotopic (exact) mass is 180 g/mol. The molecule has 0 saturated heterocycles. The summed E-state index contributed by atoms with van der Waals surface area (Å²) in [6, 6.07) is 0. The maximum absolute atomic E-state index is 3.85. The van der Waals surface area contributed by atoms with Gasteiger partial charge in [-0.05, 0) is 31.1 Å². The average molecular weight is 180 g/mol. The first-order chi connectivity index (χ1) is 5.83.